The minimum absolute atomic E-state index is 0.285. The van der Waals surface area contributed by atoms with Crippen molar-refractivity contribution < 1.29 is 8.78 Å². The number of alkyl halides is 2. The van der Waals surface area contributed by atoms with Crippen LogP contribution in [0.5, 0.6) is 0 Å². The van der Waals surface area contributed by atoms with Crippen LogP contribution in [0, 0.1) is 6.92 Å². The molecule has 0 spiro atoms. The molecule has 0 aromatic carbocycles. The summed E-state index contributed by atoms with van der Waals surface area (Å²) in [6.45, 7) is 1.69. The highest BCUT2D eigenvalue weighted by Gasteiger charge is 2.71. The first-order valence-electron chi connectivity index (χ1n) is 3.64. The van der Waals surface area contributed by atoms with Gasteiger partial charge in [-0.1, -0.05) is 0 Å². The van der Waals surface area contributed by atoms with E-state index < -0.39 is 11.5 Å². The van der Waals surface area contributed by atoms with Crippen LogP contribution < -0.4 is 5.73 Å². The third kappa shape index (κ3) is 0.741. The molecule has 0 bridgehead atoms. The molecule has 1 aromatic rings. The fourth-order valence-electron chi connectivity index (χ4n) is 1.37. The van der Waals surface area contributed by atoms with Gasteiger partial charge in [-0.05, 0) is 6.92 Å². The zero-order valence-corrected chi connectivity index (χ0v) is 6.56. The number of nitrogens with two attached hydrogens (primary N) is 1. The Morgan fingerprint density at radius 2 is 2.25 bits per heavy atom. The average Bonchev–Trinajstić information content (AvgIpc) is 2.36. The Hall–Kier alpha value is -0.970. The van der Waals surface area contributed by atoms with Crippen LogP contribution in [0.4, 0.5) is 8.78 Å². The number of halogens is 2. The minimum Gasteiger partial charge on any atom is -0.348 e. The maximum atomic E-state index is 12.7. The molecule has 1 unspecified atom stereocenters. The predicted molar refractivity (Wildman–Crippen MR) is 38.8 cm³/mol. The highest BCUT2D eigenvalue weighted by molar-refractivity contribution is 5.33. The van der Waals surface area contributed by atoms with Crippen molar-refractivity contribution >= 4 is 0 Å². The van der Waals surface area contributed by atoms with E-state index in [0.29, 0.717) is 5.69 Å². The Labute approximate surface area is 68.0 Å². The molecule has 1 aromatic heterocycles. The Bertz CT molecular complexity index is 320. The number of nitrogens with one attached hydrogen (secondary N) is 1. The van der Waals surface area contributed by atoms with Gasteiger partial charge in [0.05, 0.1) is 12.0 Å². The second-order valence-corrected chi connectivity index (χ2v) is 3.23. The molecule has 12 heavy (non-hydrogen) atoms. The fourth-order valence-corrected chi connectivity index (χ4v) is 1.37. The molecule has 0 amide bonds. The number of aryl methyl sites for hydroxylation is 1. The third-order valence-corrected chi connectivity index (χ3v) is 2.28. The predicted octanol–water partition coefficient (Wildman–Crippen LogP) is 0.911. The van der Waals surface area contributed by atoms with Crippen molar-refractivity contribution in [3.05, 3.63) is 17.7 Å². The van der Waals surface area contributed by atoms with Crippen LogP contribution in [0.1, 0.15) is 17.8 Å². The molecule has 0 aliphatic heterocycles. The van der Waals surface area contributed by atoms with E-state index in [4.69, 9.17) is 5.73 Å². The molecule has 1 aliphatic carbocycles. The third-order valence-electron chi connectivity index (χ3n) is 2.28. The highest BCUT2D eigenvalue weighted by Crippen LogP contribution is 2.57. The lowest BCUT2D eigenvalue weighted by atomic mass is 10.1. The van der Waals surface area contributed by atoms with Crippen LogP contribution in [0.15, 0.2) is 6.33 Å². The lowest BCUT2D eigenvalue weighted by Gasteiger charge is -2.07. The van der Waals surface area contributed by atoms with Crippen molar-refractivity contribution in [1.29, 1.82) is 0 Å². The SMILES string of the molecule is Cc1[nH]cnc1C1(N)CC1(F)F. The number of nitrogens with zero attached hydrogens (tertiary/aromatic N) is 1. The Morgan fingerprint density at radius 1 is 1.67 bits per heavy atom. The van der Waals surface area contributed by atoms with Crippen LogP contribution in [0.25, 0.3) is 0 Å². The van der Waals surface area contributed by atoms with Crippen molar-refractivity contribution in [3.8, 4) is 0 Å². The van der Waals surface area contributed by atoms with Crippen molar-refractivity contribution in [2.24, 2.45) is 5.73 Å². The van der Waals surface area contributed by atoms with Gasteiger partial charge < -0.3 is 10.7 Å². The summed E-state index contributed by atoms with van der Waals surface area (Å²) < 4.78 is 25.5. The van der Waals surface area contributed by atoms with Gasteiger partial charge in [0.1, 0.15) is 5.54 Å². The Morgan fingerprint density at radius 3 is 2.58 bits per heavy atom. The molecule has 1 fully saturated rings. The van der Waals surface area contributed by atoms with Crippen molar-refractivity contribution in [3.63, 3.8) is 0 Å². The van der Waals surface area contributed by atoms with Crippen LogP contribution in [0.3, 0.4) is 0 Å². The monoisotopic (exact) mass is 173 g/mol. The summed E-state index contributed by atoms with van der Waals surface area (Å²) in [5, 5.41) is 0. The summed E-state index contributed by atoms with van der Waals surface area (Å²) in [6, 6.07) is 0. The number of aromatic nitrogens is 2. The van der Waals surface area contributed by atoms with Crippen LogP contribution in [-0.2, 0) is 5.54 Å². The van der Waals surface area contributed by atoms with Gasteiger partial charge in [-0.2, -0.15) is 0 Å². The molecule has 1 saturated carbocycles. The lowest BCUT2D eigenvalue weighted by Crippen LogP contribution is -2.28. The van der Waals surface area contributed by atoms with E-state index in [-0.39, 0.29) is 12.1 Å². The summed E-state index contributed by atoms with van der Waals surface area (Å²) in [4.78, 5) is 6.51. The molecule has 3 nitrogen and oxygen atoms in total. The second-order valence-electron chi connectivity index (χ2n) is 3.23. The quantitative estimate of drug-likeness (QED) is 0.663. The normalized spacial score (nSPS) is 32.0. The van der Waals surface area contributed by atoms with Gasteiger partial charge in [0.15, 0.2) is 0 Å². The van der Waals surface area contributed by atoms with Crippen LogP contribution in [-0.4, -0.2) is 15.9 Å². The molecule has 3 N–H and O–H groups in total. The summed E-state index contributed by atoms with van der Waals surface area (Å²) in [7, 11) is 0. The molecular weight excluding hydrogens is 164 g/mol. The van der Waals surface area contributed by atoms with Gasteiger partial charge in [0.25, 0.3) is 5.92 Å². The number of hydrogen-bond acceptors (Lipinski definition) is 2. The second kappa shape index (κ2) is 1.85. The highest BCUT2D eigenvalue weighted by atomic mass is 19.3. The number of rotatable bonds is 1. The van der Waals surface area contributed by atoms with Gasteiger partial charge >= 0.3 is 0 Å². The van der Waals surface area contributed by atoms with Crippen LogP contribution >= 0.6 is 0 Å². The maximum absolute atomic E-state index is 12.7. The summed E-state index contributed by atoms with van der Waals surface area (Å²) in [6.07, 6.45) is 1.08. The molecule has 1 heterocycles. The summed E-state index contributed by atoms with van der Waals surface area (Å²) >= 11 is 0. The smallest absolute Gasteiger partial charge is 0.274 e. The van der Waals surface area contributed by atoms with Crippen molar-refractivity contribution in [2.75, 3.05) is 0 Å². The molecule has 1 aliphatic rings. The first-order chi connectivity index (χ1) is 5.47. The van der Waals surface area contributed by atoms with Gasteiger partial charge in [0, 0.05) is 12.1 Å². The van der Waals surface area contributed by atoms with E-state index in [2.05, 4.69) is 9.97 Å². The Balaban J connectivity index is 2.40. The first kappa shape index (κ1) is 7.67. The molecule has 1 atom stereocenters. The van der Waals surface area contributed by atoms with Gasteiger partial charge in [-0.3, -0.25) is 0 Å². The van der Waals surface area contributed by atoms with E-state index >= 15 is 0 Å². The lowest BCUT2D eigenvalue weighted by molar-refractivity contribution is 0.0880. The molecular formula is C7H9F2N3. The van der Waals surface area contributed by atoms with E-state index in [1.807, 2.05) is 0 Å². The van der Waals surface area contributed by atoms with E-state index in [0.717, 1.165) is 0 Å². The summed E-state index contributed by atoms with van der Waals surface area (Å²) in [5.74, 6) is -2.78. The number of imidazole rings is 1. The molecule has 2 rings (SSSR count). The fraction of sp³-hybridized carbons (Fsp3) is 0.571. The van der Waals surface area contributed by atoms with Crippen molar-refractivity contribution in [2.45, 2.75) is 24.8 Å². The minimum atomic E-state index is -2.78. The van der Waals surface area contributed by atoms with E-state index in [1.54, 1.807) is 6.92 Å². The number of aromatic amines is 1. The zero-order valence-electron chi connectivity index (χ0n) is 6.56. The summed E-state index contributed by atoms with van der Waals surface area (Å²) in [5.41, 5.74) is 4.85. The molecule has 66 valence electrons. The number of H-pyrrole nitrogens is 1. The van der Waals surface area contributed by atoms with E-state index in [1.165, 1.54) is 6.33 Å². The van der Waals surface area contributed by atoms with Crippen molar-refractivity contribution in [1.82, 2.24) is 9.97 Å². The number of hydrogen-bond donors (Lipinski definition) is 2. The van der Waals surface area contributed by atoms with Gasteiger partial charge in [-0.25, -0.2) is 13.8 Å². The molecule has 5 heteroatoms. The largest absolute Gasteiger partial charge is 0.348 e. The Kier molecular flexibility index (Phi) is 1.18. The first-order valence-corrected chi connectivity index (χ1v) is 3.64. The average molecular weight is 173 g/mol. The molecule has 0 radical (unpaired) electrons. The van der Waals surface area contributed by atoms with Crippen LogP contribution in [0.2, 0.25) is 0 Å². The maximum Gasteiger partial charge on any atom is 0.274 e. The van der Waals surface area contributed by atoms with E-state index in [9.17, 15) is 8.78 Å². The zero-order chi connectivity index (χ0) is 8.98. The standard InChI is InChI=1S/C7H9F2N3/c1-4-5(12-3-11-4)6(10)2-7(6,8)9/h3H,2,10H2,1H3,(H,11,12). The van der Waals surface area contributed by atoms with Gasteiger partial charge in [0.2, 0.25) is 0 Å². The molecule has 0 saturated heterocycles. The van der Waals surface area contributed by atoms with Gasteiger partial charge in [-0.15, -0.1) is 0 Å². The topological polar surface area (TPSA) is 54.7 Å².